The first-order valence-corrected chi connectivity index (χ1v) is 11.0. The molecule has 1 saturated heterocycles. The fraction of sp³-hybridized carbons (Fsp3) is 0.360. The van der Waals surface area contributed by atoms with Crippen LogP contribution in [0.25, 0.3) is 10.9 Å². The summed E-state index contributed by atoms with van der Waals surface area (Å²) in [4.78, 5) is 21.8. The van der Waals surface area contributed by atoms with E-state index >= 15 is 0 Å². The van der Waals surface area contributed by atoms with Crippen LogP contribution < -0.4 is 15.1 Å². The highest BCUT2D eigenvalue weighted by molar-refractivity contribution is 6.09. The van der Waals surface area contributed by atoms with Crippen molar-refractivity contribution in [3.63, 3.8) is 0 Å². The highest BCUT2D eigenvalue weighted by atomic mass is 19.1. The normalized spacial score (nSPS) is 18.0. The highest BCUT2D eigenvalue weighted by Crippen LogP contribution is 2.37. The van der Waals surface area contributed by atoms with Crippen molar-refractivity contribution in [2.45, 2.75) is 18.9 Å². The Labute approximate surface area is 187 Å². The van der Waals surface area contributed by atoms with Crippen LogP contribution in [-0.2, 0) is 11.2 Å². The summed E-state index contributed by atoms with van der Waals surface area (Å²) >= 11 is 0. The Morgan fingerprint density at radius 2 is 1.97 bits per heavy atom. The van der Waals surface area contributed by atoms with E-state index in [2.05, 4.69) is 22.4 Å². The quantitative estimate of drug-likeness (QED) is 0.679. The number of anilines is 2. The van der Waals surface area contributed by atoms with Gasteiger partial charge in [0.2, 0.25) is 0 Å². The summed E-state index contributed by atoms with van der Waals surface area (Å²) in [6, 6.07) is 11.4. The van der Waals surface area contributed by atoms with E-state index in [-0.39, 0.29) is 17.8 Å². The number of aromatic nitrogens is 1. The van der Waals surface area contributed by atoms with Gasteiger partial charge in [-0.05, 0) is 36.1 Å². The molecule has 2 heterocycles. The van der Waals surface area contributed by atoms with Gasteiger partial charge < -0.3 is 19.9 Å². The van der Waals surface area contributed by atoms with Crippen molar-refractivity contribution >= 4 is 28.2 Å². The van der Waals surface area contributed by atoms with Gasteiger partial charge in [-0.15, -0.1) is 0 Å². The van der Waals surface area contributed by atoms with E-state index in [1.807, 2.05) is 36.0 Å². The molecule has 1 fully saturated rings. The van der Waals surface area contributed by atoms with Gasteiger partial charge >= 0.3 is 0 Å². The van der Waals surface area contributed by atoms with Crippen molar-refractivity contribution < 1.29 is 13.9 Å². The average molecular weight is 435 g/mol. The lowest BCUT2D eigenvalue weighted by Crippen LogP contribution is -2.37. The zero-order valence-corrected chi connectivity index (χ0v) is 18.4. The van der Waals surface area contributed by atoms with Gasteiger partial charge in [-0.25, -0.2) is 4.39 Å². The molecule has 7 heteroatoms. The van der Waals surface area contributed by atoms with Crippen LogP contribution in [0.3, 0.4) is 0 Å². The Kier molecular flexibility index (Phi) is 5.43. The first-order valence-electron chi connectivity index (χ1n) is 11.0. The molecule has 2 aromatic carbocycles. The molecule has 0 unspecified atom stereocenters. The number of benzene rings is 2. The van der Waals surface area contributed by atoms with E-state index in [1.54, 1.807) is 12.3 Å². The Morgan fingerprint density at radius 1 is 1.19 bits per heavy atom. The standard InChI is InChI=1S/C25H27FN4O2/c1-29(2)23-18-8-9-20(26)24(30-11-13-32-14-12-30)22(18)27-15-19(23)25(31)28-21-10-7-16-5-3-4-6-17(16)21/h3-6,8-9,15,21H,7,10-14H2,1-2H3,(H,28,31)/t21-/m0/s1. The molecule has 1 aliphatic carbocycles. The van der Waals surface area contributed by atoms with E-state index in [0.29, 0.717) is 43.1 Å². The largest absolute Gasteiger partial charge is 0.378 e. The van der Waals surface area contributed by atoms with Crippen LogP contribution in [0.4, 0.5) is 15.8 Å². The fourth-order valence-electron chi connectivity index (χ4n) is 4.89. The number of nitrogens with one attached hydrogen (secondary N) is 1. The molecule has 0 saturated carbocycles. The van der Waals surface area contributed by atoms with Crippen LogP contribution in [0, 0.1) is 5.82 Å². The minimum Gasteiger partial charge on any atom is -0.378 e. The van der Waals surface area contributed by atoms with Crippen LogP contribution >= 0.6 is 0 Å². The summed E-state index contributed by atoms with van der Waals surface area (Å²) < 4.78 is 20.3. The first-order chi connectivity index (χ1) is 15.5. The minimum atomic E-state index is -0.309. The number of carbonyl (C=O) groups is 1. The monoisotopic (exact) mass is 434 g/mol. The maximum absolute atomic E-state index is 14.9. The molecule has 1 atom stereocenters. The zero-order chi connectivity index (χ0) is 22.2. The second-order valence-corrected chi connectivity index (χ2v) is 8.57. The second kappa shape index (κ2) is 8.39. The third-order valence-electron chi connectivity index (χ3n) is 6.39. The van der Waals surface area contributed by atoms with Gasteiger partial charge in [0.15, 0.2) is 0 Å². The summed E-state index contributed by atoms with van der Waals surface area (Å²) in [5.74, 6) is -0.474. The third-order valence-corrected chi connectivity index (χ3v) is 6.39. The van der Waals surface area contributed by atoms with Crippen molar-refractivity contribution in [2.75, 3.05) is 50.2 Å². The molecule has 1 aliphatic heterocycles. The second-order valence-electron chi connectivity index (χ2n) is 8.57. The lowest BCUT2D eigenvalue weighted by atomic mass is 10.0. The number of hydrogen-bond donors (Lipinski definition) is 1. The number of hydrogen-bond acceptors (Lipinski definition) is 5. The summed E-state index contributed by atoms with van der Waals surface area (Å²) in [6.07, 6.45) is 3.42. The average Bonchev–Trinajstić information content (AvgIpc) is 3.21. The molecule has 6 nitrogen and oxygen atoms in total. The highest BCUT2D eigenvalue weighted by Gasteiger charge is 2.27. The number of fused-ring (bicyclic) bond motifs is 2. The number of nitrogens with zero attached hydrogens (tertiary/aromatic N) is 3. The number of halogens is 1. The van der Waals surface area contributed by atoms with Crippen LogP contribution in [-0.4, -0.2) is 51.3 Å². The van der Waals surface area contributed by atoms with Crippen LogP contribution in [0.2, 0.25) is 0 Å². The van der Waals surface area contributed by atoms with Gasteiger partial charge in [-0.1, -0.05) is 24.3 Å². The maximum Gasteiger partial charge on any atom is 0.255 e. The van der Waals surface area contributed by atoms with Gasteiger partial charge in [0.25, 0.3) is 5.91 Å². The SMILES string of the molecule is CN(C)c1c(C(=O)N[C@H]2CCc3ccccc32)cnc2c(N3CCOCC3)c(F)ccc12. The van der Waals surface area contributed by atoms with Crippen LogP contribution in [0.5, 0.6) is 0 Å². The van der Waals surface area contributed by atoms with Crippen molar-refractivity contribution in [2.24, 2.45) is 0 Å². The maximum atomic E-state index is 14.9. The Hall–Kier alpha value is -3.19. The van der Waals surface area contributed by atoms with Crippen LogP contribution in [0.15, 0.2) is 42.6 Å². The number of rotatable bonds is 4. The van der Waals surface area contributed by atoms with Crippen molar-refractivity contribution in [3.05, 3.63) is 65.1 Å². The topological polar surface area (TPSA) is 57.7 Å². The van der Waals surface area contributed by atoms with Gasteiger partial charge in [-0.2, -0.15) is 0 Å². The summed E-state index contributed by atoms with van der Waals surface area (Å²) in [6.45, 7) is 2.33. The predicted molar refractivity (Wildman–Crippen MR) is 124 cm³/mol. The Balaban J connectivity index is 1.55. The number of aryl methyl sites for hydroxylation is 1. The van der Waals surface area contributed by atoms with Gasteiger partial charge in [0.05, 0.1) is 41.7 Å². The van der Waals surface area contributed by atoms with Crippen molar-refractivity contribution in [1.29, 1.82) is 0 Å². The molecule has 1 amide bonds. The van der Waals surface area contributed by atoms with E-state index in [0.717, 1.165) is 23.9 Å². The molecule has 3 aromatic rings. The Bertz CT molecular complexity index is 1170. The lowest BCUT2D eigenvalue weighted by Gasteiger charge is -2.30. The number of ether oxygens (including phenoxy) is 1. The number of carbonyl (C=O) groups excluding carboxylic acids is 1. The molecular formula is C25H27FN4O2. The number of amides is 1. The first kappa shape index (κ1) is 20.7. The minimum absolute atomic E-state index is 0.0125. The molecule has 0 radical (unpaired) electrons. The summed E-state index contributed by atoms with van der Waals surface area (Å²) in [5, 5.41) is 3.96. The smallest absolute Gasteiger partial charge is 0.255 e. The molecular weight excluding hydrogens is 407 g/mol. The number of pyridine rings is 1. The predicted octanol–water partition coefficient (Wildman–Crippen LogP) is 3.69. The fourth-order valence-corrected chi connectivity index (χ4v) is 4.89. The van der Waals surface area contributed by atoms with Crippen molar-refractivity contribution in [1.82, 2.24) is 10.3 Å². The van der Waals surface area contributed by atoms with Gasteiger partial charge in [0.1, 0.15) is 5.82 Å². The third kappa shape index (κ3) is 3.56. The summed E-state index contributed by atoms with van der Waals surface area (Å²) in [5.41, 5.74) is 4.74. The van der Waals surface area contributed by atoms with Gasteiger partial charge in [0, 0.05) is 38.8 Å². The lowest BCUT2D eigenvalue weighted by molar-refractivity contribution is 0.0937. The molecule has 0 bridgehead atoms. The Morgan fingerprint density at radius 3 is 2.75 bits per heavy atom. The molecule has 166 valence electrons. The molecule has 2 aliphatic rings. The molecule has 0 spiro atoms. The summed E-state index contributed by atoms with van der Waals surface area (Å²) in [7, 11) is 3.79. The number of morpholine rings is 1. The van der Waals surface area contributed by atoms with Crippen LogP contribution in [0.1, 0.15) is 33.9 Å². The molecule has 1 aromatic heterocycles. The van der Waals surface area contributed by atoms with E-state index < -0.39 is 0 Å². The van der Waals surface area contributed by atoms with Gasteiger partial charge in [-0.3, -0.25) is 9.78 Å². The zero-order valence-electron chi connectivity index (χ0n) is 18.4. The molecule has 32 heavy (non-hydrogen) atoms. The molecule has 1 N–H and O–H groups in total. The molecule has 5 rings (SSSR count). The van der Waals surface area contributed by atoms with E-state index in [4.69, 9.17) is 4.74 Å². The van der Waals surface area contributed by atoms with E-state index in [1.165, 1.54) is 17.2 Å². The van der Waals surface area contributed by atoms with Crippen molar-refractivity contribution in [3.8, 4) is 0 Å². The van der Waals surface area contributed by atoms with E-state index in [9.17, 15) is 9.18 Å².